The van der Waals surface area contributed by atoms with Gasteiger partial charge >= 0.3 is 0 Å². The molecule has 7 nitrogen and oxygen atoms in total. The molecule has 0 atom stereocenters. The van der Waals surface area contributed by atoms with Crippen LogP contribution in [0.4, 0.5) is 11.4 Å². The number of nitrogens with zero attached hydrogens (tertiary/aromatic N) is 1. The molecular weight excluding hydrogens is 344 g/mol. The minimum Gasteiger partial charge on any atom is -0.497 e. The molecule has 1 amide bonds. The van der Waals surface area contributed by atoms with Gasteiger partial charge in [0.15, 0.2) is 0 Å². The Hall–Kier alpha value is -2.74. The van der Waals surface area contributed by atoms with E-state index in [4.69, 9.17) is 9.47 Å². The van der Waals surface area contributed by atoms with Crippen molar-refractivity contribution >= 4 is 29.0 Å². The fraction of sp³-hybridized carbons (Fsp3) is 0.235. The summed E-state index contributed by atoms with van der Waals surface area (Å²) in [6, 6.07) is 11.5. The van der Waals surface area contributed by atoms with Crippen LogP contribution < -0.4 is 14.8 Å². The van der Waals surface area contributed by atoms with Gasteiger partial charge in [-0.1, -0.05) is 12.1 Å². The lowest BCUT2D eigenvalue weighted by atomic mass is 10.2. The number of carbonyl (C=O) groups is 1. The van der Waals surface area contributed by atoms with Crippen molar-refractivity contribution in [1.82, 2.24) is 0 Å². The lowest BCUT2D eigenvalue weighted by Crippen LogP contribution is -2.15. The van der Waals surface area contributed by atoms with Gasteiger partial charge in [0.05, 0.1) is 30.6 Å². The molecule has 2 rings (SSSR count). The number of thioether (sulfide) groups is 1. The number of nitrogens with one attached hydrogen (secondary N) is 1. The van der Waals surface area contributed by atoms with Gasteiger partial charge in [0.2, 0.25) is 5.91 Å². The van der Waals surface area contributed by atoms with Gasteiger partial charge in [-0.3, -0.25) is 14.9 Å². The molecule has 0 aliphatic carbocycles. The van der Waals surface area contributed by atoms with E-state index in [0.29, 0.717) is 22.9 Å². The summed E-state index contributed by atoms with van der Waals surface area (Å²) >= 11 is 1.37. The van der Waals surface area contributed by atoms with E-state index in [-0.39, 0.29) is 17.3 Å². The smallest absolute Gasteiger partial charge is 0.269 e. The summed E-state index contributed by atoms with van der Waals surface area (Å²) in [7, 11) is 3.07. The SMILES string of the molecule is COc1ccc(OC)c(NC(=O)CSCc2cccc([N+](=O)[O-])c2)c1. The van der Waals surface area contributed by atoms with Crippen LogP contribution in [0.2, 0.25) is 0 Å². The monoisotopic (exact) mass is 362 g/mol. The molecule has 2 aromatic rings. The molecule has 0 radical (unpaired) electrons. The highest BCUT2D eigenvalue weighted by Gasteiger charge is 2.10. The number of nitro groups is 1. The van der Waals surface area contributed by atoms with Crippen LogP contribution in [0.15, 0.2) is 42.5 Å². The molecule has 8 heteroatoms. The van der Waals surface area contributed by atoms with Crippen molar-refractivity contribution in [3.63, 3.8) is 0 Å². The Morgan fingerprint density at radius 1 is 1.20 bits per heavy atom. The zero-order valence-corrected chi connectivity index (χ0v) is 14.7. The summed E-state index contributed by atoms with van der Waals surface area (Å²) in [5, 5.41) is 13.5. The lowest BCUT2D eigenvalue weighted by molar-refractivity contribution is -0.384. The predicted octanol–water partition coefficient (Wildman–Crippen LogP) is 3.48. The van der Waals surface area contributed by atoms with Crippen molar-refractivity contribution in [3.8, 4) is 11.5 Å². The number of rotatable bonds is 8. The molecule has 25 heavy (non-hydrogen) atoms. The van der Waals surface area contributed by atoms with E-state index in [1.54, 1.807) is 37.4 Å². The first-order valence-electron chi connectivity index (χ1n) is 7.36. The van der Waals surface area contributed by atoms with E-state index in [2.05, 4.69) is 5.32 Å². The second-order valence-electron chi connectivity index (χ2n) is 5.03. The molecule has 0 saturated carbocycles. The van der Waals surface area contributed by atoms with Gasteiger partial charge in [0.25, 0.3) is 5.69 Å². The second kappa shape index (κ2) is 8.93. The first-order chi connectivity index (χ1) is 12.0. The molecule has 2 aromatic carbocycles. The minimum absolute atomic E-state index is 0.0451. The molecular formula is C17H18N2O5S. The van der Waals surface area contributed by atoms with Gasteiger partial charge in [-0.15, -0.1) is 11.8 Å². The number of carbonyl (C=O) groups excluding carboxylic acids is 1. The van der Waals surface area contributed by atoms with Crippen LogP contribution in [0.3, 0.4) is 0 Å². The van der Waals surface area contributed by atoms with Crippen LogP contribution in [0.25, 0.3) is 0 Å². The molecule has 0 saturated heterocycles. The average molecular weight is 362 g/mol. The number of benzene rings is 2. The first-order valence-corrected chi connectivity index (χ1v) is 8.52. The van der Waals surface area contributed by atoms with Crippen LogP contribution in [0, 0.1) is 10.1 Å². The Kier molecular flexibility index (Phi) is 6.64. The van der Waals surface area contributed by atoms with Gasteiger partial charge in [-0.05, 0) is 17.7 Å². The van der Waals surface area contributed by atoms with Gasteiger partial charge in [-0.25, -0.2) is 0 Å². The van der Waals surface area contributed by atoms with Crippen molar-refractivity contribution in [3.05, 3.63) is 58.1 Å². The zero-order valence-electron chi connectivity index (χ0n) is 13.9. The molecule has 132 valence electrons. The Morgan fingerprint density at radius 2 is 2.00 bits per heavy atom. The molecule has 0 aliphatic rings. The second-order valence-corrected chi connectivity index (χ2v) is 6.02. The van der Waals surface area contributed by atoms with E-state index in [1.165, 1.54) is 31.0 Å². The summed E-state index contributed by atoms with van der Waals surface area (Å²) in [4.78, 5) is 22.4. The number of hydrogen-bond acceptors (Lipinski definition) is 6. The van der Waals surface area contributed by atoms with Gasteiger partial charge in [-0.2, -0.15) is 0 Å². The number of anilines is 1. The van der Waals surface area contributed by atoms with Gasteiger partial charge < -0.3 is 14.8 Å². The third-order valence-electron chi connectivity index (χ3n) is 3.30. The van der Waals surface area contributed by atoms with Crippen LogP contribution >= 0.6 is 11.8 Å². The van der Waals surface area contributed by atoms with Crippen LogP contribution in [0.1, 0.15) is 5.56 Å². The topological polar surface area (TPSA) is 90.7 Å². The highest BCUT2D eigenvalue weighted by Crippen LogP contribution is 2.29. The summed E-state index contributed by atoms with van der Waals surface area (Å²) in [6.45, 7) is 0. The van der Waals surface area contributed by atoms with E-state index in [0.717, 1.165) is 5.56 Å². The quantitative estimate of drug-likeness (QED) is 0.571. The fourth-order valence-corrected chi connectivity index (χ4v) is 2.89. The Labute approximate surface area is 149 Å². The zero-order chi connectivity index (χ0) is 18.2. The highest BCUT2D eigenvalue weighted by atomic mass is 32.2. The van der Waals surface area contributed by atoms with E-state index in [1.807, 2.05) is 0 Å². The van der Waals surface area contributed by atoms with Crippen LogP contribution in [0.5, 0.6) is 11.5 Å². The maximum atomic E-state index is 12.1. The maximum absolute atomic E-state index is 12.1. The summed E-state index contributed by atoms with van der Waals surface area (Å²) in [6.07, 6.45) is 0. The van der Waals surface area contributed by atoms with Crippen molar-refractivity contribution in [1.29, 1.82) is 0 Å². The Morgan fingerprint density at radius 3 is 2.68 bits per heavy atom. The average Bonchev–Trinajstić information content (AvgIpc) is 2.61. The highest BCUT2D eigenvalue weighted by molar-refractivity contribution is 7.99. The number of ether oxygens (including phenoxy) is 2. The molecule has 0 spiro atoms. The number of non-ortho nitro benzene ring substituents is 1. The molecule has 0 aliphatic heterocycles. The van der Waals surface area contributed by atoms with E-state index in [9.17, 15) is 14.9 Å². The lowest BCUT2D eigenvalue weighted by Gasteiger charge is -2.11. The number of nitro benzene ring substituents is 1. The molecule has 0 unspecified atom stereocenters. The van der Waals surface area contributed by atoms with Crippen LogP contribution in [-0.2, 0) is 10.5 Å². The number of amides is 1. The van der Waals surface area contributed by atoms with Crippen molar-refractivity contribution in [2.24, 2.45) is 0 Å². The molecule has 0 heterocycles. The maximum Gasteiger partial charge on any atom is 0.269 e. The number of methoxy groups -OCH3 is 2. The van der Waals surface area contributed by atoms with Crippen molar-refractivity contribution in [2.75, 3.05) is 25.3 Å². The number of hydrogen-bond donors (Lipinski definition) is 1. The van der Waals surface area contributed by atoms with E-state index >= 15 is 0 Å². The Bertz CT molecular complexity index is 766. The summed E-state index contributed by atoms with van der Waals surface area (Å²) in [5.41, 5.74) is 1.37. The standard InChI is InChI=1S/C17H18N2O5S/c1-23-14-6-7-16(24-2)15(9-14)18-17(20)11-25-10-12-4-3-5-13(8-12)19(21)22/h3-9H,10-11H2,1-2H3,(H,18,20). The normalized spacial score (nSPS) is 10.2. The van der Waals surface area contributed by atoms with Crippen molar-refractivity contribution in [2.45, 2.75) is 5.75 Å². The molecule has 0 aromatic heterocycles. The molecule has 0 fully saturated rings. The first kappa shape index (κ1) is 18.6. The molecule has 1 N–H and O–H groups in total. The van der Waals surface area contributed by atoms with Crippen LogP contribution in [-0.4, -0.2) is 30.8 Å². The molecule has 0 bridgehead atoms. The fourth-order valence-electron chi connectivity index (χ4n) is 2.12. The minimum atomic E-state index is -0.435. The van der Waals surface area contributed by atoms with E-state index < -0.39 is 4.92 Å². The van der Waals surface area contributed by atoms with Gasteiger partial charge in [0.1, 0.15) is 11.5 Å². The largest absolute Gasteiger partial charge is 0.497 e. The summed E-state index contributed by atoms with van der Waals surface area (Å²) < 4.78 is 10.4. The summed E-state index contributed by atoms with van der Waals surface area (Å²) in [5.74, 6) is 1.67. The predicted molar refractivity (Wildman–Crippen MR) is 97.4 cm³/mol. The third kappa shape index (κ3) is 5.39. The van der Waals surface area contributed by atoms with Crippen molar-refractivity contribution < 1.29 is 19.2 Å². The third-order valence-corrected chi connectivity index (χ3v) is 4.31. The Balaban J connectivity index is 1.91. The van der Waals surface area contributed by atoms with Gasteiger partial charge in [0, 0.05) is 24.0 Å².